The average Bonchev–Trinajstić information content (AvgIpc) is 2.92. The molecule has 2 heterocycles. The van der Waals surface area contributed by atoms with E-state index in [0.717, 1.165) is 30.4 Å². The maximum Gasteiger partial charge on any atom is 0.325 e. The Kier molecular flexibility index (Phi) is 6.72. The predicted octanol–water partition coefficient (Wildman–Crippen LogP) is 1.44. The van der Waals surface area contributed by atoms with Crippen molar-refractivity contribution in [2.45, 2.75) is 77.3 Å². The maximum atomic E-state index is 13.1. The fourth-order valence-electron chi connectivity index (χ4n) is 5.12. The lowest BCUT2D eigenvalue weighted by Gasteiger charge is -2.42. The van der Waals surface area contributed by atoms with E-state index < -0.39 is 27.5 Å². The van der Waals surface area contributed by atoms with Crippen molar-refractivity contribution in [1.29, 1.82) is 0 Å². The number of piperidine rings is 1. The van der Waals surface area contributed by atoms with Gasteiger partial charge in [-0.1, -0.05) is 27.2 Å². The zero-order valence-corrected chi connectivity index (χ0v) is 19.9. The SMILES string of the molecule is CCC(C)(C)C1CCC2(CC1)NC(=O)N(CC(=O)NC1CCCN(S(C)(=O)=O)C1)C2=O. The summed E-state index contributed by atoms with van der Waals surface area (Å²) < 4.78 is 24.9. The van der Waals surface area contributed by atoms with Crippen LogP contribution in [0, 0.1) is 11.3 Å². The standard InChI is InChI=1S/C21H36N4O5S/c1-5-20(2,3)15-8-10-21(11-9-15)18(27)25(19(28)23-21)14-17(26)22-16-7-6-12-24(13-16)31(4,29)30/h15-16H,5-14H2,1-4H3,(H,22,26)(H,23,28). The third-order valence-corrected chi connectivity index (χ3v) is 8.89. The first-order valence-corrected chi connectivity index (χ1v) is 13.1. The van der Waals surface area contributed by atoms with Gasteiger partial charge >= 0.3 is 6.03 Å². The number of rotatable bonds is 6. The lowest BCUT2D eigenvalue weighted by Crippen LogP contribution is -2.52. The van der Waals surface area contributed by atoms with Crippen LogP contribution in [0.3, 0.4) is 0 Å². The summed E-state index contributed by atoms with van der Waals surface area (Å²) in [7, 11) is -3.32. The van der Waals surface area contributed by atoms with Crippen molar-refractivity contribution in [3.05, 3.63) is 0 Å². The van der Waals surface area contributed by atoms with Crippen molar-refractivity contribution in [2.24, 2.45) is 11.3 Å². The Morgan fingerprint density at radius 3 is 2.45 bits per heavy atom. The normalized spacial score (nSPS) is 30.5. The largest absolute Gasteiger partial charge is 0.350 e. The highest BCUT2D eigenvalue weighted by atomic mass is 32.2. The lowest BCUT2D eigenvalue weighted by atomic mass is 9.65. The van der Waals surface area contributed by atoms with Gasteiger partial charge in [0.25, 0.3) is 5.91 Å². The molecule has 0 aromatic heterocycles. The van der Waals surface area contributed by atoms with Gasteiger partial charge in [0.1, 0.15) is 12.1 Å². The van der Waals surface area contributed by atoms with E-state index >= 15 is 0 Å². The summed E-state index contributed by atoms with van der Waals surface area (Å²) in [4.78, 5) is 39.2. The van der Waals surface area contributed by atoms with E-state index in [0.29, 0.717) is 38.1 Å². The molecular formula is C21H36N4O5S. The first kappa shape index (κ1) is 24.0. The first-order chi connectivity index (χ1) is 14.4. The van der Waals surface area contributed by atoms with Gasteiger partial charge in [-0.2, -0.15) is 0 Å². The summed E-state index contributed by atoms with van der Waals surface area (Å²) in [6.07, 6.45) is 6.46. The van der Waals surface area contributed by atoms with Gasteiger partial charge in [0.15, 0.2) is 0 Å². The minimum Gasteiger partial charge on any atom is -0.350 e. The van der Waals surface area contributed by atoms with Crippen molar-refractivity contribution < 1.29 is 22.8 Å². The molecule has 3 rings (SSSR count). The second-order valence-corrected chi connectivity index (χ2v) is 12.0. The number of carbonyl (C=O) groups excluding carboxylic acids is 3. The first-order valence-electron chi connectivity index (χ1n) is 11.3. The monoisotopic (exact) mass is 456 g/mol. The van der Waals surface area contributed by atoms with Crippen molar-refractivity contribution in [2.75, 3.05) is 25.9 Å². The van der Waals surface area contributed by atoms with Crippen LogP contribution in [-0.4, -0.2) is 72.9 Å². The van der Waals surface area contributed by atoms with Crippen molar-refractivity contribution in [1.82, 2.24) is 19.8 Å². The molecule has 3 aliphatic rings. The number of nitrogens with one attached hydrogen (secondary N) is 2. The van der Waals surface area contributed by atoms with Gasteiger partial charge in [-0.05, 0) is 49.9 Å². The molecule has 4 amide bonds. The van der Waals surface area contributed by atoms with E-state index in [9.17, 15) is 22.8 Å². The highest BCUT2D eigenvalue weighted by Gasteiger charge is 2.53. The van der Waals surface area contributed by atoms with Gasteiger partial charge in [0.2, 0.25) is 15.9 Å². The molecule has 176 valence electrons. The summed E-state index contributed by atoms with van der Waals surface area (Å²) in [6, 6.07) is -0.841. The van der Waals surface area contributed by atoms with Crippen LogP contribution in [0.4, 0.5) is 4.79 Å². The molecule has 0 radical (unpaired) electrons. The molecule has 3 fully saturated rings. The van der Waals surface area contributed by atoms with Crippen LogP contribution in [0.5, 0.6) is 0 Å². The van der Waals surface area contributed by atoms with Gasteiger partial charge in [-0.3, -0.25) is 14.5 Å². The summed E-state index contributed by atoms with van der Waals surface area (Å²) in [6.45, 7) is 6.98. The molecule has 10 heteroatoms. The van der Waals surface area contributed by atoms with E-state index in [2.05, 4.69) is 31.4 Å². The quantitative estimate of drug-likeness (QED) is 0.587. The Labute approximate surface area is 185 Å². The highest BCUT2D eigenvalue weighted by Crippen LogP contribution is 2.45. The number of urea groups is 1. The van der Waals surface area contributed by atoms with Crippen LogP contribution < -0.4 is 10.6 Å². The second-order valence-electron chi connectivity index (χ2n) is 10.0. The molecule has 2 N–H and O–H groups in total. The summed E-state index contributed by atoms with van der Waals surface area (Å²) in [5.74, 6) is -0.252. The topological polar surface area (TPSA) is 116 Å². The molecule has 1 atom stereocenters. The number of imide groups is 1. The van der Waals surface area contributed by atoms with Gasteiger partial charge < -0.3 is 10.6 Å². The van der Waals surface area contributed by atoms with E-state index in [1.165, 1.54) is 4.31 Å². The summed E-state index contributed by atoms with van der Waals surface area (Å²) >= 11 is 0. The van der Waals surface area contributed by atoms with E-state index in [-0.39, 0.29) is 30.5 Å². The molecule has 2 saturated heterocycles. The van der Waals surface area contributed by atoms with Crippen molar-refractivity contribution in [3.63, 3.8) is 0 Å². The fraction of sp³-hybridized carbons (Fsp3) is 0.857. The average molecular weight is 457 g/mol. The summed E-state index contributed by atoms with van der Waals surface area (Å²) in [5, 5.41) is 5.66. The van der Waals surface area contributed by atoms with Crippen LogP contribution in [-0.2, 0) is 19.6 Å². The molecule has 0 aromatic carbocycles. The number of hydrogen-bond acceptors (Lipinski definition) is 5. The molecule has 1 saturated carbocycles. The zero-order valence-electron chi connectivity index (χ0n) is 19.1. The predicted molar refractivity (Wildman–Crippen MR) is 117 cm³/mol. The number of hydrogen-bond donors (Lipinski definition) is 2. The van der Waals surface area contributed by atoms with Gasteiger partial charge in [0.05, 0.1) is 6.26 Å². The molecule has 1 unspecified atom stereocenters. The molecular weight excluding hydrogens is 420 g/mol. The molecule has 0 bridgehead atoms. The summed E-state index contributed by atoms with van der Waals surface area (Å²) in [5.41, 5.74) is -0.692. The minimum atomic E-state index is -3.32. The number of amides is 4. The second kappa shape index (κ2) is 8.69. The lowest BCUT2D eigenvalue weighted by molar-refractivity contribution is -0.136. The number of carbonyl (C=O) groups is 3. The molecule has 31 heavy (non-hydrogen) atoms. The number of nitrogens with zero attached hydrogens (tertiary/aromatic N) is 2. The van der Waals surface area contributed by atoms with Crippen LogP contribution in [0.2, 0.25) is 0 Å². The van der Waals surface area contributed by atoms with Crippen LogP contribution in [0.25, 0.3) is 0 Å². The van der Waals surface area contributed by atoms with Crippen LogP contribution in [0.1, 0.15) is 65.7 Å². The Morgan fingerprint density at radius 2 is 1.87 bits per heavy atom. The van der Waals surface area contributed by atoms with Crippen LogP contribution in [0.15, 0.2) is 0 Å². The Morgan fingerprint density at radius 1 is 1.23 bits per heavy atom. The third kappa shape index (κ3) is 5.05. The molecule has 0 aromatic rings. The van der Waals surface area contributed by atoms with Gasteiger partial charge in [-0.15, -0.1) is 0 Å². The Hall–Kier alpha value is -1.68. The minimum absolute atomic E-state index is 0.201. The van der Waals surface area contributed by atoms with Crippen LogP contribution >= 0.6 is 0 Å². The fourth-order valence-corrected chi connectivity index (χ4v) is 6.03. The Bertz CT molecular complexity index is 833. The highest BCUT2D eigenvalue weighted by molar-refractivity contribution is 7.88. The molecule has 9 nitrogen and oxygen atoms in total. The molecule has 1 aliphatic carbocycles. The van der Waals surface area contributed by atoms with Crippen molar-refractivity contribution >= 4 is 27.9 Å². The maximum absolute atomic E-state index is 13.1. The van der Waals surface area contributed by atoms with E-state index in [4.69, 9.17) is 0 Å². The van der Waals surface area contributed by atoms with Gasteiger partial charge in [-0.25, -0.2) is 17.5 Å². The van der Waals surface area contributed by atoms with E-state index in [1.54, 1.807) is 0 Å². The Balaban J connectivity index is 1.57. The third-order valence-electron chi connectivity index (χ3n) is 7.62. The number of sulfonamides is 1. The van der Waals surface area contributed by atoms with Gasteiger partial charge in [0, 0.05) is 19.1 Å². The smallest absolute Gasteiger partial charge is 0.325 e. The van der Waals surface area contributed by atoms with Crippen molar-refractivity contribution in [3.8, 4) is 0 Å². The zero-order chi connectivity index (χ0) is 23.0. The van der Waals surface area contributed by atoms with E-state index in [1.807, 2.05) is 0 Å². The molecule has 2 aliphatic heterocycles. The molecule has 1 spiro atoms.